The maximum atomic E-state index is 13.1. The van der Waals surface area contributed by atoms with Gasteiger partial charge in [-0.3, -0.25) is 9.59 Å². The van der Waals surface area contributed by atoms with Crippen molar-refractivity contribution in [2.75, 3.05) is 19.6 Å². The molecule has 2 rings (SSSR count). The van der Waals surface area contributed by atoms with Crippen molar-refractivity contribution in [3.63, 3.8) is 0 Å². The van der Waals surface area contributed by atoms with Gasteiger partial charge in [-0.2, -0.15) is 0 Å². The number of rotatable bonds is 7. The minimum Gasteiger partial charge on any atom is -0.356 e. The topological polar surface area (TPSA) is 83.6 Å². The van der Waals surface area contributed by atoms with Crippen molar-refractivity contribution in [2.24, 2.45) is 5.92 Å². The van der Waals surface area contributed by atoms with Crippen LogP contribution in [0, 0.1) is 5.92 Å². The lowest BCUT2D eigenvalue weighted by molar-refractivity contribution is -0.135. The van der Waals surface area contributed by atoms with E-state index in [9.17, 15) is 18.0 Å². The van der Waals surface area contributed by atoms with Crippen molar-refractivity contribution in [3.8, 4) is 0 Å². The Morgan fingerprint density at radius 3 is 2.50 bits per heavy atom. The van der Waals surface area contributed by atoms with Crippen molar-refractivity contribution in [1.29, 1.82) is 0 Å². The summed E-state index contributed by atoms with van der Waals surface area (Å²) in [6.45, 7) is 6.41. The molecule has 0 aromatic heterocycles. The predicted molar refractivity (Wildman–Crippen MR) is 113 cm³/mol. The quantitative estimate of drug-likeness (QED) is 0.660. The highest BCUT2D eigenvalue weighted by Gasteiger charge is 2.45. The molecule has 156 valence electrons. The second-order valence-corrected chi connectivity index (χ2v) is 11.2. The summed E-state index contributed by atoms with van der Waals surface area (Å²) in [5.74, 6) is -0.228. The van der Waals surface area contributed by atoms with Crippen molar-refractivity contribution >= 4 is 37.6 Å². The van der Waals surface area contributed by atoms with E-state index in [2.05, 4.69) is 21.2 Å². The number of benzene rings is 1. The Morgan fingerprint density at radius 1 is 1.25 bits per heavy atom. The van der Waals surface area contributed by atoms with Crippen LogP contribution in [0.3, 0.4) is 0 Å². The van der Waals surface area contributed by atoms with Gasteiger partial charge in [0.15, 0.2) is 9.84 Å². The van der Waals surface area contributed by atoms with Crippen LogP contribution in [0.1, 0.15) is 46.5 Å². The summed E-state index contributed by atoms with van der Waals surface area (Å²) in [5, 5.41) is 2.91. The summed E-state index contributed by atoms with van der Waals surface area (Å²) in [6.07, 6.45) is 3.00. The highest BCUT2D eigenvalue weighted by molar-refractivity contribution is 9.10. The van der Waals surface area contributed by atoms with Gasteiger partial charge in [0.1, 0.15) is 4.75 Å². The molecule has 0 aliphatic carbocycles. The molecule has 28 heavy (non-hydrogen) atoms. The molecule has 1 fully saturated rings. The number of carbonyl (C=O) groups excluding carboxylic acids is 2. The smallest absolute Gasteiger partial charge is 0.243 e. The van der Waals surface area contributed by atoms with Gasteiger partial charge in [-0.25, -0.2) is 8.42 Å². The Morgan fingerprint density at radius 2 is 1.89 bits per heavy atom. The first kappa shape index (κ1) is 22.9. The number of nitrogens with one attached hydrogen (secondary N) is 1. The first-order valence-corrected chi connectivity index (χ1v) is 11.9. The second-order valence-electron chi connectivity index (χ2n) is 7.78. The zero-order chi connectivity index (χ0) is 20.9. The summed E-state index contributed by atoms with van der Waals surface area (Å²) in [4.78, 5) is 26.6. The van der Waals surface area contributed by atoms with E-state index in [1.54, 1.807) is 17.0 Å². The molecule has 1 aromatic carbocycles. The standard InChI is InChI=1S/C20H29BrN2O4S/c1-4-6-18(24)22-13-15-7-5-12-23(14-15)19(25)20(2,3)28(26,27)17-10-8-16(21)9-11-17/h8-11,15H,4-7,12-14H2,1-3H3,(H,22,24). The van der Waals surface area contributed by atoms with Crippen LogP contribution < -0.4 is 5.32 Å². The van der Waals surface area contributed by atoms with E-state index in [1.165, 1.54) is 26.0 Å². The SMILES string of the molecule is CCCC(=O)NCC1CCCN(C(=O)C(C)(C)S(=O)(=O)c2ccc(Br)cc2)C1. The molecule has 1 N–H and O–H groups in total. The Labute approximate surface area is 176 Å². The highest BCUT2D eigenvalue weighted by atomic mass is 79.9. The lowest BCUT2D eigenvalue weighted by Gasteiger charge is -2.37. The van der Waals surface area contributed by atoms with E-state index in [0.717, 1.165) is 23.7 Å². The molecule has 0 radical (unpaired) electrons. The number of likely N-dealkylation sites (tertiary alicyclic amines) is 1. The first-order valence-electron chi connectivity index (χ1n) is 9.66. The maximum absolute atomic E-state index is 13.1. The molecule has 1 unspecified atom stereocenters. The van der Waals surface area contributed by atoms with Gasteiger partial charge in [-0.05, 0) is 63.3 Å². The van der Waals surface area contributed by atoms with Gasteiger partial charge in [0, 0.05) is 30.5 Å². The fourth-order valence-electron chi connectivity index (χ4n) is 3.39. The first-order chi connectivity index (χ1) is 13.1. The van der Waals surface area contributed by atoms with Crippen LogP contribution in [-0.2, 0) is 19.4 Å². The van der Waals surface area contributed by atoms with Gasteiger partial charge >= 0.3 is 0 Å². The zero-order valence-electron chi connectivity index (χ0n) is 16.7. The van der Waals surface area contributed by atoms with Gasteiger partial charge in [0.05, 0.1) is 4.90 Å². The maximum Gasteiger partial charge on any atom is 0.243 e. The van der Waals surface area contributed by atoms with Crippen LogP contribution in [0.25, 0.3) is 0 Å². The van der Waals surface area contributed by atoms with E-state index in [4.69, 9.17) is 0 Å². The Hall–Kier alpha value is -1.41. The molecular formula is C20H29BrN2O4S. The summed E-state index contributed by atoms with van der Waals surface area (Å²) in [6, 6.07) is 6.33. The van der Waals surface area contributed by atoms with Crippen molar-refractivity contribution < 1.29 is 18.0 Å². The molecule has 8 heteroatoms. The number of carbonyl (C=O) groups is 2. The molecule has 0 spiro atoms. The van der Waals surface area contributed by atoms with Crippen molar-refractivity contribution in [1.82, 2.24) is 10.2 Å². The summed E-state index contributed by atoms with van der Waals surface area (Å²) < 4.78 is 25.4. The number of hydrogen-bond donors (Lipinski definition) is 1. The molecule has 1 atom stereocenters. The Bertz CT molecular complexity index is 806. The van der Waals surface area contributed by atoms with E-state index < -0.39 is 14.6 Å². The minimum atomic E-state index is -3.84. The second kappa shape index (κ2) is 9.39. The molecule has 2 amide bonds. The zero-order valence-corrected chi connectivity index (χ0v) is 19.1. The molecule has 1 heterocycles. The van der Waals surface area contributed by atoms with Crippen LogP contribution >= 0.6 is 15.9 Å². The molecule has 0 saturated carbocycles. The molecule has 1 aliphatic heterocycles. The van der Waals surface area contributed by atoms with Crippen LogP contribution in [0.5, 0.6) is 0 Å². The normalized spacial score (nSPS) is 18.0. The van der Waals surface area contributed by atoms with Crippen molar-refractivity contribution in [3.05, 3.63) is 28.7 Å². The molecular weight excluding hydrogens is 444 g/mol. The van der Waals surface area contributed by atoms with Crippen molar-refractivity contribution in [2.45, 2.75) is 56.1 Å². The summed E-state index contributed by atoms with van der Waals surface area (Å²) >= 11 is 3.30. The number of piperidine rings is 1. The Kier molecular flexibility index (Phi) is 7.67. The average molecular weight is 473 g/mol. The molecule has 0 bridgehead atoms. The van der Waals surface area contributed by atoms with E-state index >= 15 is 0 Å². The lowest BCUT2D eigenvalue weighted by Crippen LogP contribution is -2.53. The van der Waals surface area contributed by atoms with Gasteiger partial charge < -0.3 is 10.2 Å². The summed E-state index contributed by atoms with van der Waals surface area (Å²) in [5.41, 5.74) is 0. The molecule has 1 aromatic rings. The molecule has 1 aliphatic rings. The highest BCUT2D eigenvalue weighted by Crippen LogP contribution is 2.30. The fraction of sp³-hybridized carbons (Fsp3) is 0.600. The monoisotopic (exact) mass is 472 g/mol. The molecule has 6 nitrogen and oxygen atoms in total. The van der Waals surface area contributed by atoms with E-state index in [1.807, 2.05) is 6.92 Å². The van der Waals surface area contributed by atoms with E-state index in [-0.39, 0.29) is 22.6 Å². The average Bonchev–Trinajstić information content (AvgIpc) is 2.66. The van der Waals surface area contributed by atoms with Gasteiger partial charge in [-0.1, -0.05) is 22.9 Å². The third-order valence-electron chi connectivity index (χ3n) is 5.18. The van der Waals surface area contributed by atoms with Crippen LogP contribution in [0.2, 0.25) is 0 Å². The fourth-order valence-corrected chi connectivity index (χ4v) is 5.10. The number of nitrogens with zero attached hydrogens (tertiary/aromatic N) is 1. The van der Waals surface area contributed by atoms with Gasteiger partial charge in [-0.15, -0.1) is 0 Å². The third-order valence-corrected chi connectivity index (χ3v) is 8.12. The number of halogens is 1. The Balaban J connectivity index is 2.10. The third kappa shape index (κ3) is 5.14. The minimum absolute atomic E-state index is 0.0177. The predicted octanol–water partition coefficient (Wildman–Crippen LogP) is 3.16. The van der Waals surface area contributed by atoms with Gasteiger partial charge in [0.2, 0.25) is 11.8 Å². The van der Waals surface area contributed by atoms with Crippen LogP contribution in [-0.4, -0.2) is 49.5 Å². The van der Waals surface area contributed by atoms with Gasteiger partial charge in [0.25, 0.3) is 0 Å². The lowest BCUT2D eigenvalue weighted by atomic mass is 9.96. The van der Waals surface area contributed by atoms with Crippen LogP contribution in [0.15, 0.2) is 33.6 Å². The van der Waals surface area contributed by atoms with E-state index in [0.29, 0.717) is 26.1 Å². The van der Waals surface area contributed by atoms with Crippen LogP contribution in [0.4, 0.5) is 0 Å². The molecule has 1 saturated heterocycles. The largest absolute Gasteiger partial charge is 0.356 e. The number of hydrogen-bond acceptors (Lipinski definition) is 4. The number of sulfone groups is 1. The summed E-state index contributed by atoms with van der Waals surface area (Å²) in [7, 11) is -3.84. The number of amides is 2.